The molecule has 2 saturated heterocycles. The third-order valence-corrected chi connectivity index (χ3v) is 3.62. The van der Waals surface area contributed by atoms with Crippen molar-refractivity contribution >= 4 is 23.8 Å². The molecule has 1 aromatic heterocycles. The van der Waals surface area contributed by atoms with Crippen LogP contribution in [0.4, 0.5) is 10.7 Å². The number of hydrogen-bond acceptors (Lipinski definition) is 6. The summed E-state index contributed by atoms with van der Waals surface area (Å²) in [4.78, 5) is 40.4. The Kier molecular flexibility index (Phi) is 2.59. The van der Waals surface area contributed by atoms with E-state index in [1.165, 1.54) is 0 Å². The molecular formula is C10H13N7O3. The molecule has 0 aromatic carbocycles. The van der Waals surface area contributed by atoms with Crippen molar-refractivity contribution in [3.63, 3.8) is 0 Å². The molecule has 4 amide bonds. The molecule has 10 heteroatoms. The van der Waals surface area contributed by atoms with Gasteiger partial charge in [-0.2, -0.15) is 4.98 Å². The number of aromatic nitrogens is 3. The van der Waals surface area contributed by atoms with Crippen molar-refractivity contribution in [2.24, 2.45) is 0 Å². The highest BCUT2D eigenvalue weighted by Gasteiger charge is 2.48. The number of carbonyl (C=O) groups excluding carboxylic acids is 3. The number of carbonyl (C=O) groups is 3. The summed E-state index contributed by atoms with van der Waals surface area (Å²) >= 11 is 0. The number of urea groups is 1. The van der Waals surface area contributed by atoms with E-state index in [9.17, 15) is 14.4 Å². The minimum atomic E-state index is -0.895. The van der Waals surface area contributed by atoms with E-state index >= 15 is 0 Å². The van der Waals surface area contributed by atoms with E-state index in [1.54, 1.807) is 4.90 Å². The molecule has 1 aromatic rings. The number of nitrogens with zero attached hydrogens (tertiary/aromatic N) is 3. The van der Waals surface area contributed by atoms with Gasteiger partial charge in [-0.05, 0) is 12.8 Å². The van der Waals surface area contributed by atoms with Crippen LogP contribution in [0.25, 0.3) is 0 Å². The first kappa shape index (κ1) is 12.4. The van der Waals surface area contributed by atoms with Crippen molar-refractivity contribution in [3.8, 4) is 0 Å². The Bertz CT molecular complexity index is 587. The second kappa shape index (κ2) is 4.18. The van der Waals surface area contributed by atoms with Gasteiger partial charge in [0.15, 0.2) is 0 Å². The molecule has 5 N–H and O–H groups in total. The number of anilines is 1. The molecule has 0 radical (unpaired) electrons. The highest BCUT2D eigenvalue weighted by atomic mass is 16.2. The van der Waals surface area contributed by atoms with Gasteiger partial charge in [-0.25, -0.2) is 4.79 Å². The van der Waals surface area contributed by atoms with E-state index in [1.807, 2.05) is 0 Å². The predicted molar refractivity (Wildman–Crippen MR) is 65.3 cm³/mol. The predicted octanol–water partition coefficient (Wildman–Crippen LogP) is -1.80. The van der Waals surface area contributed by atoms with Crippen LogP contribution in [0, 0.1) is 0 Å². The van der Waals surface area contributed by atoms with Gasteiger partial charge in [0.2, 0.25) is 11.8 Å². The number of amides is 4. The van der Waals surface area contributed by atoms with Crippen molar-refractivity contribution in [3.05, 3.63) is 5.82 Å². The first-order chi connectivity index (χ1) is 9.50. The Morgan fingerprint density at radius 1 is 1.30 bits per heavy atom. The summed E-state index contributed by atoms with van der Waals surface area (Å²) in [5.41, 5.74) is 4.45. The first-order valence-corrected chi connectivity index (χ1v) is 6.11. The molecule has 3 rings (SSSR count). The summed E-state index contributed by atoms with van der Waals surface area (Å²) in [5, 5.41) is 10.9. The number of imide groups is 1. The molecule has 106 valence electrons. The fourth-order valence-electron chi connectivity index (χ4n) is 2.49. The second-order valence-electron chi connectivity index (χ2n) is 4.82. The molecule has 3 heterocycles. The Morgan fingerprint density at radius 3 is 2.50 bits per heavy atom. The highest BCUT2D eigenvalue weighted by Crippen LogP contribution is 2.25. The zero-order valence-electron chi connectivity index (χ0n) is 10.5. The van der Waals surface area contributed by atoms with Crippen LogP contribution in [0.5, 0.6) is 0 Å². The molecule has 0 saturated carbocycles. The molecule has 2 aliphatic heterocycles. The number of nitrogens with one attached hydrogen (secondary N) is 3. The van der Waals surface area contributed by atoms with Gasteiger partial charge in [-0.1, -0.05) is 0 Å². The number of piperidine rings is 1. The zero-order valence-corrected chi connectivity index (χ0v) is 10.5. The average molecular weight is 279 g/mol. The van der Waals surface area contributed by atoms with Crippen molar-refractivity contribution < 1.29 is 14.4 Å². The number of nitrogens with two attached hydrogens (primary N) is 1. The molecule has 1 spiro atoms. The van der Waals surface area contributed by atoms with E-state index < -0.39 is 11.6 Å². The smallest absolute Gasteiger partial charge is 0.322 e. The van der Waals surface area contributed by atoms with Crippen LogP contribution in [0.2, 0.25) is 0 Å². The van der Waals surface area contributed by atoms with Crippen molar-refractivity contribution in [2.75, 3.05) is 18.8 Å². The van der Waals surface area contributed by atoms with Crippen LogP contribution < -0.4 is 16.4 Å². The molecule has 10 nitrogen and oxygen atoms in total. The topological polar surface area (TPSA) is 146 Å². The lowest BCUT2D eigenvalue weighted by Crippen LogP contribution is -2.55. The SMILES string of the molecule is Nc1n[nH]c(C(=O)N2CCC3(CC2)NC(=O)NC3=O)n1. The summed E-state index contributed by atoms with van der Waals surface area (Å²) in [7, 11) is 0. The highest BCUT2D eigenvalue weighted by molar-refractivity contribution is 6.07. The number of rotatable bonds is 1. The number of nitrogen functional groups attached to an aromatic ring is 1. The normalized spacial score (nSPS) is 20.9. The van der Waals surface area contributed by atoms with Crippen molar-refractivity contribution in [1.29, 1.82) is 0 Å². The third-order valence-electron chi connectivity index (χ3n) is 3.62. The first-order valence-electron chi connectivity index (χ1n) is 6.11. The van der Waals surface area contributed by atoms with Crippen LogP contribution in [0.15, 0.2) is 0 Å². The van der Waals surface area contributed by atoms with E-state index in [2.05, 4.69) is 25.8 Å². The Balaban J connectivity index is 1.68. The lowest BCUT2D eigenvalue weighted by molar-refractivity contribution is -0.125. The fraction of sp³-hybridized carbons (Fsp3) is 0.500. The summed E-state index contributed by atoms with van der Waals surface area (Å²) in [6.45, 7) is 0.681. The molecule has 2 fully saturated rings. The lowest BCUT2D eigenvalue weighted by atomic mass is 9.87. The van der Waals surface area contributed by atoms with Gasteiger partial charge in [-0.3, -0.25) is 20.0 Å². The molecule has 20 heavy (non-hydrogen) atoms. The summed E-state index contributed by atoms with van der Waals surface area (Å²) in [6, 6.07) is -0.488. The fourth-order valence-corrected chi connectivity index (χ4v) is 2.49. The molecule has 0 bridgehead atoms. The van der Waals surface area contributed by atoms with Gasteiger partial charge in [0.25, 0.3) is 11.8 Å². The van der Waals surface area contributed by atoms with Gasteiger partial charge in [0.1, 0.15) is 5.54 Å². The third kappa shape index (κ3) is 1.85. The second-order valence-corrected chi connectivity index (χ2v) is 4.82. The number of aromatic amines is 1. The average Bonchev–Trinajstić information content (AvgIpc) is 2.95. The van der Waals surface area contributed by atoms with Crippen LogP contribution in [0.1, 0.15) is 23.5 Å². The standard InChI is InChI=1S/C10H13N7O3/c11-8-12-5(15-16-8)6(18)17-3-1-10(2-4-17)7(19)13-9(20)14-10/h1-4H2,(H3,11,12,15,16)(H2,13,14,19,20). The molecule has 0 atom stereocenters. The lowest BCUT2D eigenvalue weighted by Gasteiger charge is -2.36. The largest absolute Gasteiger partial charge is 0.366 e. The van der Waals surface area contributed by atoms with Crippen LogP contribution >= 0.6 is 0 Å². The van der Waals surface area contributed by atoms with Gasteiger partial charge < -0.3 is 16.0 Å². The van der Waals surface area contributed by atoms with E-state index in [-0.39, 0.29) is 23.6 Å². The summed E-state index contributed by atoms with van der Waals surface area (Å²) in [5.74, 6) is -0.588. The van der Waals surface area contributed by atoms with E-state index in [0.29, 0.717) is 25.9 Å². The minimum Gasteiger partial charge on any atom is -0.366 e. The number of hydrogen-bond donors (Lipinski definition) is 4. The Hall–Kier alpha value is -2.65. The number of H-pyrrole nitrogens is 1. The summed E-state index contributed by atoms with van der Waals surface area (Å²) in [6.07, 6.45) is 0.722. The Labute approximate surface area is 113 Å². The maximum atomic E-state index is 12.1. The quantitative estimate of drug-likeness (QED) is 0.446. The van der Waals surface area contributed by atoms with Gasteiger partial charge in [-0.15, -0.1) is 5.10 Å². The van der Waals surface area contributed by atoms with E-state index in [0.717, 1.165) is 0 Å². The molecule has 0 unspecified atom stereocenters. The van der Waals surface area contributed by atoms with Crippen LogP contribution in [-0.4, -0.2) is 56.6 Å². The maximum absolute atomic E-state index is 12.1. The minimum absolute atomic E-state index is 0.00395. The number of likely N-dealkylation sites (tertiary alicyclic amines) is 1. The van der Waals surface area contributed by atoms with Crippen molar-refractivity contribution in [2.45, 2.75) is 18.4 Å². The van der Waals surface area contributed by atoms with Gasteiger partial charge >= 0.3 is 6.03 Å². The monoisotopic (exact) mass is 279 g/mol. The van der Waals surface area contributed by atoms with Crippen molar-refractivity contribution in [1.82, 2.24) is 30.7 Å². The molecule has 0 aliphatic carbocycles. The summed E-state index contributed by atoms with van der Waals surface area (Å²) < 4.78 is 0. The van der Waals surface area contributed by atoms with Crippen LogP contribution in [-0.2, 0) is 4.79 Å². The molecular weight excluding hydrogens is 266 g/mol. The van der Waals surface area contributed by atoms with Gasteiger partial charge in [0, 0.05) is 13.1 Å². The Morgan fingerprint density at radius 2 is 2.00 bits per heavy atom. The van der Waals surface area contributed by atoms with Crippen LogP contribution in [0.3, 0.4) is 0 Å². The molecule has 2 aliphatic rings. The van der Waals surface area contributed by atoms with E-state index in [4.69, 9.17) is 5.73 Å². The maximum Gasteiger partial charge on any atom is 0.322 e. The van der Waals surface area contributed by atoms with Gasteiger partial charge in [0.05, 0.1) is 0 Å². The zero-order chi connectivity index (χ0) is 14.3.